The van der Waals surface area contributed by atoms with Crippen LogP contribution in [-0.2, 0) is 12.8 Å². The minimum absolute atomic E-state index is 0.0921. The van der Waals surface area contributed by atoms with Crippen molar-refractivity contribution < 1.29 is 0 Å². The molecule has 2 aromatic carbocycles. The lowest BCUT2D eigenvalue weighted by molar-refractivity contribution is 0.910. The van der Waals surface area contributed by atoms with Crippen LogP contribution in [0.5, 0.6) is 0 Å². The van der Waals surface area contributed by atoms with E-state index in [4.69, 9.17) is 0 Å². The first-order valence-electron chi connectivity index (χ1n) is 9.40. The summed E-state index contributed by atoms with van der Waals surface area (Å²) in [6.07, 6.45) is 9.10. The molecule has 0 saturated heterocycles. The second kappa shape index (κ2) is 5.95. The molecule has 1 aliphatic carbocycles. The Morgan fingerprint density at radius 1 is 0.926 bits per heavy atom. The molecule has 0 amide bonds. The number of hydrogen-bond donors (Lipinski definition) is 0. The van der Waals surface area contributed by atoms with Crippen molar-refractivity contribution in [1.29, 1.82) is 0 Å². The van der Waals surface area contributed by atoms with Gasteiger partial charge in [-0.05, 0) is 73.6 Å². The van der Waals surface area contributed by atoms with E-state index >= 15 is 0 Å². The highest BCUT2D eigenvalue weighted by Crippen LogP contribution is 2.24. The maximum atomic E-state index is 13.1. The van der Waals surface area contributed by atoms with Gasteiger partial charge >= 0.3 is 0 Å². The van der Waals surface area contributed by atoms with Gasteiger partial charge in [-0.15, -0.1) is 0 Å². The molecule has 27 heavy (non-hydrogen) atoms. The van der Waals surface area contributed by atoms with Gasteiger partial charge in [0, 0.05) is 29.8 Å². The number of aromatic nitrogens is 3. The molecule has 0 N–H and O–H groups in total. The summed E-state index contributed by atoms with van der Waals surface area (Å²) in [5.74, 6) is 0. The van der Waals surface area contributed by atoms with Gasteiger partial charge in [-0.2, -0.15) is 0 Å². The van der Waals surface area contributed by atoms with Gasteiger partial charge in [0.15, 0.2) is 0 Å². The van der Waals surface area contributed by atoms with Gasteiger partial charge in [0.05, 0.1) is 5.69 Å². The van der Waals surface area contributed by atoms with Crippen LogP contribution in [-0.4, -0.2) is 14.0 Å². The van der Waals surface area contributed by atoms with Gasteiger partial charge in [0.25, 0.3) is 5.56 Å². The van der Waals surface area contributed by atoms with Crippen molar-refractivity contribution in [3.63, 3.8) is 0 Å². The fraction of sp³-hybridized carbons (Fsp3) is 0.217. The van der Waals surface area contributed by atoms with Crippen LogP contribution in [0.25, 0.3) is 22.6 Å². The van der Waals surface area contributed by atoms with Crippen molar-refractivity contribution in [3.8, 4) is 16.9 Å². The summed E-state index contributed by atoms with van der Waals surface area (Å²) in [5.41, 5.74) is 8.37. The quantitative estimate of drug-likeness (QED) is 0.539. The minimum Gasteiger partial charge on any atom is -0.300 e. The highest BCUT2D eigenvalue weighted by molar-refractivity contribution is 5.64. The van der Waals surface area contributed by atoms with Gasteiger partial charge in [-0.1, -0.05) is 18.2 Å². The zero-order chi connectivity index (χ0) is 18.5. The van der Waals surface area contributed by atoms with Crippen molar-refractivity contribution in [1.82, 2.24) is 14.0 Å². The van der Waals surface area contributed by atoms with E-state index < -0.39 is 0 Å². The maximum Gasteiger partial charge on any atom is 0.298 e. The number of aryl methyl sites for hydroxylation is 4. The molecule has 5 rings (SSSR count). The number of benzene rings is 2. The lowest BCUT2D eigenvalue weighted by atomic mass is 10.1. The summed E-state index contributed by atoms with van der Waals surface area (Å²) in [5, 5.41) is 0. The van der Waals surface area contributed by atoms with Gasteiger partial charge in [-0.25, -0.2) is 4.98 Å². The Balaban J connectivity index is 1.63. The summed E-state index contributed by atoms with van der Waals surface area (Å²) in [7, 11) is 0. The predicted molar refractivity (Wildman–Crippen MR) is 108 cm³/mol. The maximum absolute atomic E-state index is 13.1. The largest absolute Gasteiger partial charge is 0.300 e. The highest BCUT2D eigenvalue weighted by Gasteiger charge is 2.14. The Hall–Kier alpha value is -3.14. The third kappa shape index (κ3) is 2.60. The minimum atomic E-state index is -0.0921. The van der Waals surface area contributed by atoms with Crippen LogP contribution in [0.2, 0.25) is 0 Å². The number of hydrogen-bond acceptors (Lipinski definition) is 2. The van der Waals surface area contributed by atoms with Crippen LogP contribution >= 0.6 is 0 Å². The van der Waals surface area contributed by atoms with Crippen LogP contribution in [0.4, 0.5) is 0 Å². The molecule has 0 bridgehead atoms. The molecule has 0 radical (unpaired) electrons. The topological polar surface area (TPSA) is 39.3 Å². The molecule has 0 spiro atoms. The summed E-state index contributed by atoms with van der Waals surface area (Å²) >= 11 is 0. The van der Waals surface area contributed by atoms with Crippen LogP contribution in [0.15, 0.2) is 59.8 Å². The molecule has 0 unspecified atom stereocenters. The van der Waals surface area contributed by atoms with Crippen LogP contribution in [0.3, 0.4) is 0 Å². The van der Waals surface area contributed by atoms with Gasteiger partial charge in [0.2, 0.25) is 5.65 Å². The average Bonchev–Trinajstić information content (AvgIpc) is 3.30. The lowest BCUT2D eigenvalue weighted by Crippen LogP contribution is -2.20. The van der Waals surface area contributed by atoms with E-state index in [0.29, 0.717) is 5.65 Å². The van der Waals surface area contributed by atoms with Gasteiger partial charge < -0.3 is 4.40 Å². The molecule has 0 saturated carbocycles. The van der Waals surface area contributed by atoms with Crippen LogP contribution in [0, 0.1) is 13.8 Å². The first-order valence-corrected chi connectivity index (χ1v) is 9.40. The first kappa shape index (κ1) is 16.1. The van der Waals surface area contributed by atoms with E-state index in [1.165, 1.54) is 28.7 Å². The van der Waals surface area contributed by atoms with Crippen molar-refractivity contribution in [2.45, 2.75) is 33.1 Å². The Morgan fingerprint density at radius 2 is 1.78 bits per heavy atom. The van der Waals surface area contributed by atoms with Crippen molar-refractivity contribution in [3.05, 3.63) is 87.6 Å². The normalized spacial score (nSPS) is 13.3. The molecule has 0 fully saturated rings. The van der Waals surface area contributed by atoms with E-state index in [1.807, 2.05) is 29.1 Å². The number of fused-ring (bicyclic) bond motifs is 2. The molecule has 1 aliphatic rings. The first-order chi connectivity index (χ1) is 13.1. The standard InChI is InChI=1S/C23H21N3O/c1-15-6-7-19(12-16(15)2)21-14-25-10-11-26(23(27)22(25)24-21)20-9-8-17-4-3-5-18(17)13-20/h6-14H,3-5H2,1-2H3. The molecule has 2 aromatic heterocycles. The van der Waals surface area contributed by atoms with Crippen molar-refractivity contribution in [2.24, 2.45) is 0 Å². The smallest absolute Gasteiger partial charge is 0.298 e. The fourth-order valence-corrected chi connectivity index (χ4v) is 3.93. The molecule has 4 heteroatoms. The zero-order valence-electron chi connectivity index (χ0n) is 15.6. The van der Waals surface area contributed by atoms with Gasteiger partial charge in [-0.3, -0.25) is 9.36 Å². The molecular weight excluding hydrogens is 334 g/mol. The third-order valence-electron chi connectivity index (χ3n) is 5.68. The number of imidazole rings is 1. The molecule has 0 aliphatic heterocycles. The highest BCUT2D eigenvalue weighted by atomic mass is 16.1. The Kier molecular flexibility index (Phi) is 3.54. The van der Waals surface area contributed by atoms with E-state index in [1.54, 1.807) is 4.57 Å². The Morgan fingerprint density at radius 3 is 2.63 bits per heavy atom. The SMILES string of the molecule is Cc1ccc(-c2cn3ccn(-c4ccc5c(c4)CCC5)c(=O)c3n2)cc1C. The molecule has 134 valence electrons. The summed E-state index contributed by atoms with van der Waals surface area (Å²) in [6.45, 7) is 4.19. The van der Waals surface area contributed by atoms with E-state index in [0.717, 1.165) is 29.8 Å². The fourth-order valence-electron chi connectivity index (χ4n) is 3.93. The molecule has 4 nitrogen and oxygen atoms in total. The molecular formula is C23H21N3O. The lowest BCUT2D eigenvalue weighted by Gasteiger charge is -2.08. The van der Waals surface area contributed by atoms with E-state index in [-0.39, 0.29) is 5.56 Å². The van der Waals surface area contributed by atoms with Crippen LogP contribution < -0.4 is 5.56 Å². The second-order valence-electron chi connectivity index (χ2n) is 7.44. The zero-order valence-corrected chi connectivity index (χ0v) is 15.6. The second-order valence-corrected chi connectivity index (χ2v) is 7.44. The molecule has 0 atom stereocenters. The average molecular weight is 355 g/mol. The van der Waals surface area contributed by atoms with E-state index in [9.17, 15) is 4.79 Å². The van der Waals surface area contributed by atoms with Crippen LogP contribution in [0.1, 0.15) is 28.7 Å². The number of rotatable bonds is 2. The predicted octanol–water partition coefficient (Wildman–Crippen LogP) is 4.26. The van der Waals surface area contributed by atoms with Gasteiger partial charge in [0.1, 0.15) is 0 Å². The van der Waals surface area contributed by atoms with E-state index in [2.05, 4.69) is 49.2 Å². The monoisotopic (exact) mass is 355 g/mol. The molecule has 2 heterocycles. The Labute approximate surface area is 157 Å². The third-order valence-corrected chi connectivity index (χ3v) is 5.68. The summed E-state index contributed by atoms with van der Waals surface area (Å²) in [4.78, 5) is 17.7. The number of nitrogens with zero attached hydrogens (tertiary/aromatic N) is 3. The summed E-state index contributed by atoms with van der Waals surface area (Å²) < 4.78 is 3.52. The van der Waals surface area contributed by atoms with Crippen molar-refractivity contribution in [2.75, 3.05) is 0 Å². The Bertz CT molecular complexity index is 1250. The molecule has 4 aromatic rings. The van der Waals surface area contributed by atoms with Crippen molar-refractivity contribution >= 4 is 5.65 Å². The summed E-state index contributed by atoms with van der Waals surface area (Å²) in [6, 6.07) is 12.6.